The van der Waals surface area contributed by atoms with Crippen molar-refractivity contribution in [1.29, 1.82) is 0 Å². The van der Waals surface area contributed by atoms with Crippen LogP contribution in [0.4, 0.5) is 0 Å². The molecule has 3 aromatic heterocycles. The van der Waals surface area contributed by atoms with Crippen molar-refractivity contribution in [2.24, 2.45) is 5.41 Å². The number of fused-ring (bicyclic) bond motifs is 3. The summed E-state index contributed by atoms with van der Waals surface area (Å²) in [7, 11) is 0. The molecule has 0 saturated carbocycles. The Morgan fingerprint density at radius 2 is 1.97 bits per heavy atom. The molecule has 4 aromatic rings. The van der Waals surface area contributed by atoms with E-state index in [1.807, 2.05) is 24.3 Å². The maximum Gasteiger partial charge on any atom is 0.228 e. The monoisotopic (exact) mass is 457 g/mol. The summed E-state index contributed by atoms with van der Waals surface area (Å²) >= 11 is 6.04. The third-order valence-electron chi connectivity index (χ3n) is 6.18. The van der Waals surface area contributed by atoms with Crippen molar-refractivity contribution in [3.63, 3.8) is 0 Å². The first-order chi connectivity index (χ1) is 15.9. The molecule has 0 fully saturated rings. The highest BCUT2D eigenvalue weighted by Gasteiger charge is 2.44. The Balaban J connectivity index is 1.59. The van der Waals surface area contributed by atoms with Crippen LogP contribution >= 0.6 is 11.6 Å². The average molecular weight is 458 g/mol. The van der Waals surface area contributed by atoms with E-state index in [-0.39, 0.29) is 17.1 Å². The van der Waals surface area contributed by atoms with Crippen molar-refractivity contribution >= 4 is 23.0 Å². The van der Waals surface area contributed by atoms with Crippen LogP contribution in [0.2, 0.25) is 5.02 Å². The summed E-state index contributed by atoms with van der Waals surface area (Å²) in [6.07, 6.45) is 6.24. The van der Waals surface area contributed by atoms with Crippen LogP contribution in [0.1, 0.15) is 43.7 Å². The van der Waals surface area contributed by atoms with Gasteiger partial charge >= 0.3 is 0 Å². The van der Waals surface area contributed by atoms with Crippen molar-refractivity contribution < 1.29 is 9.53 Å². The minimum atomic E-state index is -0.375. The number of allylic oxidation sites excluding steroid dienone is 2. The second kappa shape index (κ2) is 7.22. The molecule has 1 aromatic carbocycles. The molecule has 8 heteroatoms. The van der Waals surface area contributed by atoms with Crippen LogP contribution in [0, 0.1) is 5.41 Å². The lowest BCUT2D eigenvalue weighted by atomic mass is 9.70. The molecular weight excluding hydrogens is 438 g/mol. The van der Waals surface area contributed by atoms with E-state index in [1.165, 1.54) is 0 Å². The number of halogens is 1. The number of ketones is 1. The summed E-state index contributed by atoms with van der Waals surface area (Å²) in [5.41, 5.74) is 3.55. The van der Waals surface area contributed by atoms with Gasteiger partial charge in [-0.25, -0.2) is 14.5 Å². The molecule has 1 aliphatic carbocycles. The van der Waals surface area contributed by atoms with Crippen LogP contribution < -0.4 is 4.74 Å². The number of nitrogens with zero attached hydrogens (tertiary/aromatic N) is 5. The number of aromatic nitrogens is 5. The first kappa shape index (κ1) is 20.1. The van der Waals surface area contributed by atoms with Gasteiger partial charge in [0.1, 0.15) is 12.1 Å². The summed E-state index contributed by atoms with van der Waals surface area (Å²) in [6, 6.07) is 11.2. The first-order valence-corrected chi connectivity index (χ1v) is 11.1. The highest BCUT2D eigenvalue weighted by atomic mass is 35.5. The molecule has 0 N–H and O–H groups in total. The van der Waals surface area contributed by atoms with Crippen molar-refractivity contribution in [2.45, 2.75) is 32.6 Å². The zero-order valence-electron chi connectivity index (χ0n) is 18.1. The molecule has 1 atom stereocenters. The van der Waals surface area contributed by atoms with E-state index < -0.39 is 0 Å². The predicted octanol–water partition coefficient (Wildman–Crippen LogP) is 5.01. The second-order valence-corrected chi connectivity index (χ2v) is 9.71. The number of benzene rings is 1. The maximum atomic E-state index is 13.4. The Morgan fingerprint density at radius 1 is 1.15 bits per heavy atom. The first-order valence-electron chi connectivity index (χ1n) is 10.7. The van der Waals surface area contributed by atoms with E-state index in [1.54, 1.807) is 35.4 Å². The van der Waals surface area contributed by atoms with Crippen LogP contribution in [0.15, 0.2) is 66.5 Å². The van der Waals surface area contributed by atoms with E-state index in [2.05, 4.69) is 28.9 Å². The molecule has 33 heavy (non-hydrogen) atoms. The molecule has 0 bridgehead atoms. The lowest BCUT2D eigenvalue weighted by molar-refractivity contribution is -0.118. The summed E-state index contributed by atoms with van der Waals surface area (Å²) < 4.78 is 7.90. The largest absolute Gasteiger partial charge is 0.442 e. The summed E-state index contributed by atoms with van der Waals surface area (Å²) in [5.74, 6) is 1.39. The molecule has 0 spiro atoms. The third-order valence-corrected chi connectivity index (χ3v) is 6.44. The standard InChI is InChI=1S/C25H20ClN5O2/c1-25(2)10-17(32)20-18(11-25)33-24-21(19(20)15-4-3-9-27-12-15)23-29-22(30-31(23)13-28-24)14-5-7-16(26)8-6-14/h3-9,12-13,19H,10-11H2,1-2H3/t19-/m1/s1. The number of Topliss-reactive ketones (excluding diaryl/α,β-unsaturated/α-hetero) is 1. The van der Waals surface area contributed by atoms with Crippen molar-refractivity contribution in [2.75, 3.05) is 0 Å². The number of hydrogen-bond acceptors (Lipinski definition) is 6. The van der Waals surface area contributed by atoms with E-state index in [0.717, 1.165) is 16.7 Å². The minimum Gasteiger partial charge on any atom is -0.442 e. The molecule has 164 valence electrons. The van der Waals surface area contributed by atoms with Crippen LogP contribution in [0.3, 0.4) is 0 Å². The topological polar surface area (TPSA) is 82.3 Å². The second-order valence-electron chi connectivity index (χ2n) is 9.27. The molecule has 7 nitrogen and oxygen atoms in total. The van der Waals surface area contributed by atoms with Crippen LogP contribution in [-0.2, 0) is 4.79 Å². The normalized spacial score (nSPS) is 19.2. The molecule has 0 saturated heterocycles. The van der Waals surface area contributed by atoms with E-state index in [0.29, 0.717) is 46.5 Å². The molecule has 2 aliphatic rings. The molecule has 0 radical (unpaired) electrons. The van der Waals surface area contributed by atoms with Crippen LogP contribution in [0.25, 0.3) is 17.0 Å². The highest BCUT2D eigenvalue weighted by molar-refractivity contribution is 6.30. The molecule has 6 rings (SSSR count). The fourth-order valence-electron chi connectivity index (χ4n) is 4.75. The Kier molecular flexibility index (Phi) is 4.39. The Morgan fingerprint density at radius 3 is 2.73 bits per heavy atom. The number of carbonyl (C=O) groups excluding carboxylic acids is 1. The number of pyridine rings is 1. The van der Waals surface area contributed by atoms with Gasteiger partial charge in [0.25, 0.3) is 0 Å². The van der Waals surface area contributed by atoms with Crippen molar-refractivity contribution in [1.82, 2.24) is 24.6 Å². The van der Waals surface area contributed by atoms with Gasteiger partial charge in [0, 0.05) is 41.4 Å². The smallest absolute Gasteiger partial charge is 0.228 e. The van der Waals surface area contributed by atoms with Gasteiger partial charge in [0.2, 0.25) is 5.88 Å². The summed E-state index contributed by atoms with van der Waals surface area (Å²) in [4.78, 5) is 27.1. The van der Waals surface area contributed by atoms with Crippen molar-refractivity contribution in [3.05, 3.63) is 82.6 Å². The molecule has 0 unspecified atom stereocenters. The Labute approximate surface area is 195 Å². The van der Waals surface area contributed by atoms with Gasteiger partial charge < -0.3 is 4.74 Å². The Bertz CT molecular complexity index is 1440. The minimum absolute atomic E-state index is 0.0835. The van der Waals surface area contributed by atoms with Gasteiger partial charge in [-0.3, -0.25) is 9.78 Å². The zero-order chi connectivity index (χ0) is 22.7. The maximum absolute atomic E-state index is 13.4. The Hall–Kier alpha value is -3.58. The van der Waals surface area contributed by atoms with Gasteiger partial charge in [-0.15, -0.1) is 5.10 Å². The van der Waals surface area contributed by atoms with E-state index >= 15 is 0 Å². The quantitative estimate of drug-likeness (QED) is 0.421. The molecule has 0 amide bonds. The average Bonchev–Trinajstić information content (AvgIpc) is 3.22. The van der Waals surface area contributed by atoms with Gasteiger partial charge in [-0.1, -0.05) is 31.5 Å². The fourth-order valence-corrected chi connectivity index (χ4v) is 4.87. The van der Waals surface area contributed by atoms with Crippen molar-refractivity contribution in [3.8, 4) is 17.3 Å². The van der Waals surface area contributed by atoms with Gasteiger partial charge in [-0.05, 0) is 41.3 Å². The molecular formula is C25H20ClN5O2. The summed E-state index contributed by atoms with van der Waals surface area (Å²) in [5, 5.41) is 5.27. The number of carbonyl (C=O) groups is 1. The van der Waals surface area contributed by atoms with Gasteiger partial charge in [0.15, 0.2) is 17.3 Å². The third kappa shape index (κ3) is 3.31. The van der Waals surface area contributed by atoms with Gasteiger partial charge in [0.05, 0.1) is 11.5 Å². The SMILES string of the molecule is CC1(C)CC(=O)C2=C(C1)Oc1ncn3nc(-c4ccc(Cl)cc4)nc3c1[C@@H]2c1cccnc1. The number of ether oxygens (including phenoxy) is 1. The lowest BCUT2D eigenvalue weighted by Gasteiger charge is -2.37. The van der Waals surface area contributed by atoms with E-state index in [4.69, 9.17) is 21.3 Å². The lowest BCUT2D eigenvalue weighted by Crippen LogP contribution is -2.33. The zero-order valence-corrected chi connectivity index (χ0v) is 18.9. The predicted molar refractivity (Wildman–Crippen MR) is 123 cm³/mol. The van der Waals surface area contributed by atoms with Crippen LogP contribution in [-0.4, -0.2) is 30.3 Å². The molecule has 4 heterocycles. The van der Waals surface area contributed by atoms with Gasteiger partial charge in [-0.2, -0.15) is 0 Å². The van der Waals surface area contributed by atoms with E-state index in [9.17, 15) is 4.79 Å². The van der Waals surface area contributed by atoms with Crippen LogP contribution in [0.5, 0.6) is 5.88 Å². The number of rotatable bonds is 2. The number of hydrogen-bond donors (Lipinski definition) is 0. The fraction of sp³-hybridized carbons (Fsp3) is 0.240. The summed E-state index contributed by atoms with van der Waals surface area (Å²) in [6.45, 7) is 4.17. The molecule has 1 aliphatic heterocycles. The highest BCUT2D eigenvalue weighted by Crippen LogP contribution is 2.50.